The van der Waals surface area contributed by atoms with Crippen LogP contribution in [-0.4, -0.2) is 18.1 Å². The highest BCUT2D eigenvalue weighted by Crippen LogP contribution is 2.29. The number of halogens is 2. The summed E-state index contributed by atoms with van der Waals surface area (Å²) in [7, 11) is 1.36. The standard InChI is InChI=1S/C17H13ClFNO2/c1-22-17(21)12-4-5-20-16-9-11(7-13(12)16)6-10-2-3-15(19)14(18)8-10/h2-5,8-9H,6-7H2,1H3. The lowest BCUT2D eigenvalue weighted by Gasteiger charge is -2.07. The molecular weight excluding hydrogens is 305 g/mol. The van der Waals surface area contributed by atoms with Crippen molar-refractivity contribution < 1.29 is 13.9 Å². The summed E-state index contributed by atoms with van der Waals surface area (Å²) in [6.07, 6.45) is 4.82. The van der Waals surface area contributed by atoms with Gasteiger partial charge < -0.3 is 4.74 Å². The number of carbonyl (C=O) groups is 1. The predicted molar refractivity (Wildman–Crippen MR) is 82.4 cm³/mol. The highest BCUT2D eigenvalue weighted by Gasteiger charge is 2.21. The number of nitrogens with zero attached hydrogens (tertiary/aromatic N) is 1. The molecule has 3 nitrogen and oxygen atoms in total. The van der Waals surface area contributed by atoms with Gasteiger partial charge in [-0.05, 0) is 48.2 Å². The monoisotopic (exact) mass is 317 g/mol. The van der Waals surface area contributed by atoms with Crippen molar-refractivity contribution in [2.75, 3.05) is 7.11 Å². The van der Waals surface area contributed by atoms with Gasteiger partial charge in [-0.25, -0.2) is 9.18 Å². The normalized spacial score (nSPS) is 12.8. The second kappa shape index (κ2) is 5.89. The van der Waals surface area contributed by atoms with Gasteiger partial charge in [0.2, 0.25) is 0 Å². The van der Waals surface area contributed by atoms with Gasteiger partial charge in [-0.2, -0.15) is 0 Å². The van der Waals surface area contributed by atoms with Crippen LogP contribution in [0, 0.1) is 5.82 Å². The van der Waals surface area contributed by atoms with E-state index in [-0.39, 0.29) is 11.0 Å². The van der Waals surface area contributed by atoms with Crippen LogP contribution < -0.4 is 0 Å². The third kappa shape index (κ3) is 2.74. The Balaban J connectivity index is 1.84. The van der Waals surface area contributed by atoms with Crippen molar-refractivity contribution in [1.82, 2.24) is 4.98 Å². The van der Waals surface area contributed by atoms with Crippen LogP contribution in [0.3, 0.4) is 0 Å². The summed E-state index contributed by atoms with van der Waals surface area (Å²) in [6.45, 7) is 0. The van der Waals surface area contributed by atoms with Gasteiger partial charge in [-0.15, -0.1) is 0 Å². The number of fused-ring (bicyclic) bond motifs is 1. The fourth-order valence-electron chi connectivity index (χ4n) is 2.62. The van der Waals surface area contributed by atoms with Crippen LogP contribution in [0.15, 0.2) is 36.0 Å². The Bertz CT molecular complexity index is 786. The molecular formula is C17H13ClFNO2. The Labute approximate surface area is 132 Å². The lowest BCUT2D eigenvalue weighted by molar-refractivity contribution is 0.0599. The summed E-state index contributed by atoms with van der Waals surface area (Å²) < 4.78 is 18.0. The topological polar surface area (TPSA) is 39.2 Å². The van der Waals surface area contributed by atoms with Crippen molar-refractivity contribution in [1.29, 1.82) is 0 Å². The summed E-state index contributed by atoms with van der Waals surface area (Å²) in [6, 6.07) is 6.35. The molecule has 1 aromatic heterocycles. The van der Waals surface area contributed by atoms with Crippen LogP contribution >= 0.6 is 11.6 Å². The number of aromatic nitrogens is 1. The van der Waals surface area contributed by atoms with E-state index in [1.807, 2.05) is 6.08 Å². The number of hydrogen-bond acceptors (Lipinski definition) is 3. The molecule has 0 radical (unpaired) electrons. The first-order valence-electron chi connectivity index (χ1n) is 6.78. The number of carbonyl (C=O) groups excluding carboxylic acids is 1. The van der Waals surface area contributed by atoms with E-state index in [0.29, 0.717) is 18.4 Å². The third-order valence-electron chi connectivity index (χ3n) is 3.65. The summed E-state index contributed by atoms with van der Waals surface area (Å²) in [5.74, 6) is -0.790. The smallest absolute Gasteiger partial charge is 0.338 e. The molecule has 2 aromatic rings. The van der Waals surface area contributed by atoms with Gasteiger partial charge in [0.05, 0.1) is 23.4 Å². The number of benzene rings is 1. The van der Waals surface area contributed by atoms with Gasteiger partial charge in [0.25, 0.3) is 0 Å². The molecule has 1 aliphatic carbocycles. The van der Waals surface area contributed by atoms with Crippen molar-refractivity contribution in [3.8, 4) is 0 Å². The van der Waals surface area contributed by atoms with Gasteiger partial charge in [0.15, 0.2) is 0 Å². The molecule has 0 spiro atoms. The van der Waals surface area contributed by atoms with Crippen molar-refractivity contribution in [2.24, 2.45) is 0 Å². The van der Waals surface area contributed by atoms with E-state index in [4.69, 9.17) is 16.3 Å². The molecule has 1 aromatic carbocycles. The van der Waals surface area contributed by atoms with Crippen LogP contribution in [0.2, 0.25) is 5.02 Å². The number of methoxy groups -OCH3 is 1. The highest BCUT2D eigenvalue weighted by atomic mass is 35.5. The maximum absolute atomic E-state index is 13.2. The summed E-state index contributed by atoms with van der Waals surface area (Å²) in [5.41, 5.74) is 4.21. The molecule has 0 bridgehead atoms. The second-order valence-corrected chi connectivity index (χ2v) is 5.53. The lowest BCUT2D eigenvalue weighted by atomic mass is 10.0. The average Bonchev–Trinajstić information content (AvgIpc) is 2.92. The zero-order chi connectivity index (χ0) is 15.7. The fourth-order valence-corrected chi connectivity index (χ4v) is 2.82. The Morgan fingerprint density at radius 1 is 1.41 bits per heavy atom. The summed E-state index contributed by atoms with van der Waals surface area (Å²) >= 11 is 5.81. The van der Waals surface area contributed by atoms with E-state index < -0.39 is 5.82 Å². The molecule has 0 saturated heterocycles. The lowest BCUT2D eigenvalue weighted by Crippen LogP contribution is -2.06. The SMILES string of the molecule is COC(=O)c1ccnc2c1CC(Cc1ccc(F)c(Cl)c1)=C2. The first-order chi connectivity index (χ1) is 10.6. The predicted octanol–water partition coefficient (Wildman–Crippen LogP) is 3.84. The average molecular weight is 318 g/mol. The second-order valence-electron chi connectivity index (χ2n) is 5.12. The molecule has 1 aliphatic rings. The minimum absolute atomic E-state index is 0.113. The molecule has 0 aliphatic heterocycles. The molecule has 0 N–H and O–H groups in total. The van der Waals surface area contributed by atoms with Crippen molar-refractivity contribution >= 4 is 23.6 Å². The molecule has 0 unspecified atom stereocenters. The van der Waals surface area contributed by atoms with Gasteiger partial charge in [0.1, 0.15) is 5.82 Å². The minimum atomic E-state index is -0.427. The van der Waals surface area contributed by atoms with Gasteiger partial charge in [-0.1, -0.05) is 23.2 Å². The molecule has 0 fully saturated rings. The van der Waals surface area contributed by atoms with E-state index in [0.717, 1.165) is 22.4 Å². The van der Waals surface area contributed by atoms with Gasteiger partial charge >= 0.3 is 5.97 Å². The molecule has 1 heterocycles. The van der Waals surface area contributed by atoms with Crippen LogP contribution in [0.4, 0.5) is 4.39 Å². The molecule has 0 atom stereocenters. The van der Waals surface area contributed by atoms with Crippen LogP contribution in [0.5, 0.6) is 0 Å². The molecule has 3 rings (SSSR count). The number of hydrogen-bond donors (Lipinski definition) is 0. The summed E-state index contributed by atoms with van der Waals surface area (Å²) in [5, 5.41) is 0.113. The van der Waals surface area contributed by atoms with Gasteiger partial charge in [-0.3, -0.25) is 4.98 Å². The van der Waals surface area contributed by atoms with E-state index in [9.17, 15) is 9.18 Å². The summed E-state index contributed by atoms with van der Waals surface area (Å²) in [4.78, 5) is 16.1. The number of ether oxygens (including phenoxy) is 1. The zero-order valence-corrected chi connectivity index (χ0v) is 12.7. The molecule has 5 heteroatoms. The maximum atomic E-state index is 13.2. The molecule has 112 valence electrons. The van der Waals surface area contributed by atoms with E-state index in [1.165, 1.54) is 13.2 Å². The third-order valence-corrected chi connectivity index (χ3v) is 3.94. The van der Waals surface area contributed by atoms with E-state index in [2.05, 4.69) is 4.98 Å². The fraction of sp³-hybridized carbons (Fsp3) is 0.176. The minimum Gasteiger partial charge on any atom is -0.465 e. The van der Waals surface area contributed by atoms with Crippen molar-refractivity contribution in [2.45, 2.75) is 12.8 Å². The molecule has 0 saturated carbocycles. The van der Waals surface area contributed by atoms with Crippen molar-refractivity contribution in [3.63, 3.8) is 0 Å². The number of pyridine rings is 1. The first kappa shape index (κ1) is 14.7. The molecule has 22 heavy (non-hydrogen) atoms. The largest absolute Gasteiger partial charge is 0.465 e. The van der Waals surface area contributed by atoms with E-state index >= 15 is 0 Å². The quantitative estimate of drug-likeness (QED) is 0.807. The Morgan fingerprint density at radius 3 is 2.95 bits per heavy atom. The van der Waals surface area contributed by atoms with Crippen LogP contribution in [0.25, 0.3) is 6.08 Å². The zero-order valence-electron chi connectivity index (χ0n) is 11.9. The maximum Gasteiger partial charge on any atom is 0.338 e. The number of rotatable bonds is 3. The number of allylic oxidation sites excluding steroid dienone is 1. The van der Waals surface area contributed by atoms with Crippen LogP contribution in [-0.2, 0) is 17.6 Å². The highest BCUT2D eigenvalue weighted by molar-refractivity contribution is 6.30. The molecule has 0 amide bonds. The van der Waals surface area contributed by atoms with Gasteiger partial charge in [0, 0.05) is 6.20 Å². The van der Waals surface area contributed by atoms with E-state index in [1.54, 1.807) is 24.4 Å². The van der Waals surface area contributed by atoms with Crippen molar-refractivity contribution in [3.05, 3.63) is 69.3 Å². The van der Waals surface area contributed by atoms with Crippen LogP contribution in [0.1, 0.15) is 27.2 Å². The number of esters is 1. The first-order valence-corrected chi connectivity index (χ1v) is 7.16. The Hall–Kier alpha value is -2.20. The Morgan fingerprint density at radius 2 is 2.23 bits per heavy atom. The Kier molecular flexibility index (Phi) is 3.94.